The first-order valence-corrected chi connectivity index (χ1v) is 6.03. The monoisotopic (exact) mass is 300 g/mol. The van der Waals surface area contributed by atoms with Crippen LogP contribution in [0.4, 0.5) is 24.7 Å². The second kappa shape index (κ2) is 4.10. The number of nitrogens with one attached hydrogen (secondary N) is 1. The first-order chi connectivity index (χ1) is 9.34. The van der Waals surface area contributed by atoms with Crippen molar-refractivity contribution in [1.82, 2.24) is 4.98 Å². The molecule has 104 valence electrons. The zero-order valence-corrected chi connectivity index (χ0v) is 10.6. The second-order valence-electron chi connectivity index (χ2n) is 4.42. The highest BCUT2D eigenvalue weighted by atomic mass is 35.5. The van der Waals surface area contributed by atoms with Gasteiger partial charge in [-0.3, -0.25) is 0 Å². The second-order valence-corrected chi connectivity index (χ2v) is 4.86. The molecule has 0 saturated carbocycles. The largest absolute Gasteiger partial charge is 0.425 e. The van der Waals surface area contributed by atoms with Crippen LogP contribution in [0.5, 0.6) is 0 Å². The zero-order valence-electron chi connectivity index (χ0n) is 9.87. The van der Waals surface area contributed by atoms with Crippen LogP contribution in [-0.4, -0.2) is 16.3 Å². The van der Waals surface area contributed by atoms with Crippen molar-refractivity contribution in [1.29, 1.82) is 0 Å². The van der Waals surface area contributed by atoms with Crippen molar-refractivity contribution < 1.29 is 18.3 Å². The summed E-state index contributed by atoms with van der Waals surface area (Å²) in [7, 11) is 0. The number of nitrogens with zero attached hydrogens (tertiary/aromatic N) is 1. The SMILES string of the molecule is OC1(C(F)(F)F)c2cc(Cl)ccc2Nc2ncccc21. The molecule has 0 saturated heterocycles. The lowest BCUT2D eigenvalue weighted by Gasteiger charge is -2.37. The van der Waals surface area contributed by atoms with Crippen LogP contribution in [0.1, 0.15) is 11.1 Å². The van der Waals surface area contributed by atoms with Gasteiger partial charge in [0.2, 0.25) is 5.60 Å². The summed E-state index contributed by atoms with van der Waals surface area (Å²) >= 11 is 5.76. The maximum absolute atomic E-state index is 13.5. The van der Waals surface area contributed by atoms with Gasteiger partial charge in [-0.05, 0) is 24.3 Å². The first kappa shape index (κ1) is 13.2. The molecule has 2 heterocycles. The van der Waals surface area contributed by atoms with Crippen LogP contribution in [0.2, 0.25) is 5.02 Å². The summed E-state index contributed by atoms with van der Waals surface area (Å²) in [5.41, 5.74) is -3.69. The molecular formula is C13H8ClF3N2O. The van der Waals surface area contributed by atoms with E-state index in [9.17, 15) is 18.3 Å². The molecule has 2 aromatic rings. The van der Waals surface area contributed by atoms with Crippen LogP contribution in [0.3, 0.4) is 0 Å². The Morgan fingerprint density at radius 2 is 1.95 bits per heavy atom. The number of halogens is 4. The van der Waals surface area contributed by atoms with E-state index in [4.69, 9.17) is 11.6 Å². The lowest BCUT2D eigenvalue weighted by atomic mass is 9.82. The molecule has 7 heteroatoms. The fourth-order valence-electron chi connectivity index (χ4n) is 2.30. The molecule has 0 bridgehead atoms. The molecule has 0 amide bonds. The molecule has 0 fully saturated rings. The number of aromatic nitrogens is 1. The van der Waals surface area contributed by atoms with Crippen molar-refractivity contribution >= 4 is 23.1 Å². The Morgan fingerprint density at radius 1 is 1.20 bits per heavy atom. The number of aliphatic hydroxyl groups is 1. The molecular weight excluding hydrogens is 293 g/mol. The minimum Gasteiger partial charge on any atom is -0.372 e. The summed E-state index contributed by atoms with van der Waals surface area (Å²) in [6, 6.07) is 6.46. The smallest absolute Gasteiger partial charge is 0.372 e. The van der Waals surface area contributed by atoms with Gasteiger partial charge in [-0.1, -0.05) is 17.7 Å². The molecule has 3 rings (SSSR count). The Balaban J connectivity index is 2.36. The lowest BCUT2D eigenvalue weighted by molar-refractivity contribution is -0.248. The van der Waals surface area contributed by atoms with Crippen molar-refractivity contribution in [2.75, 3.05) is 5.32 Å². The van der Waals surface area contributed by atoms with Gasteiger partial charge in [-0.15, -0.1) is 0 Å². The van der Waals surface area contributed by atoms with E-state index in [-0.39, 0.29) is 27.7 Å². The van der Waals surface area contributed by atoms with Gasteiger partial charge in [0, 0.05) is 28.0 Å². The molecule has 1 unspecified atom stereocenters. The highest BCUT2D eigenvalue weighted by Gasteiger charge is 2.59. The maximum atomic E-state index is 13.5. The minimum atomic E-state index is -4.90. The third kappa shape index (κ3) is 1.68. The summed E-state index contributed by atoms with van der Waals surface area (Å²) in [5, 5.41) is 13.2. The summed E-state index contributed by atoms with van der Waals surface area (Å²) in [5.74, 6) is -0.0258. The molecule has 20 heavy (non-hydrogen) atoms. The number of alkyl halides is 3. The Bertz CT molecular complexity index is 690. The molecule has 1 aromatic carbocycles. The molecule has 1 atom stereocenters. The van der Waals surface area contributed by atoms with Crippen LogP contribution in [0, 0.1) is 0 Å². The Labute approximate surface area is 117 Å². The van der Waals surface area contributed by atoms with Crippen molar-refractivity contribution in [3.05, 3.63) is 52.7 Å². The average molecular weight is 301 g/mol. The molecule has 0 radical (unpaired) electrons. The third-order valence-corrected chi connectivity index (χ3v) is 3.47. The summed E-state index contributed by atoms with van der Waals surface area (Å²) in [4.78, 5) is 3.85. The zero-order chi connectivity index (χ0) is 14.5. The number of fused-ring (bicyclic) bond motifs is 2. The van der Waals surface area contributed by atoms with Gasteiger partial charge in [-0.2, -0.15) is 13.2 Å². The normalized spacial score (nSPS) is 20.9. The van der Waals surface area contributed by atoms with E-state index in [0.29, 0.717) is 0 Å². The standard InChI is InChI=1S/C13H8ClF3N2O/c14-7-3-4-10-9(6-7)12(20,13(15,16)17)8-2-1-5-18-11(8)19-10/h1-6,20H,(H,18,19). The number of hydrogen-bond donors (Lipinski definition) is 2. The van der Waals surface area contributed by atoms with Gasteiger partial charge in [0.25, 0.3) is 0 Å². The number of anilines is 2. The fourth-order valence-corrected chi connectivity index (χ4v) is 2.47. The highest BCUT2D eigenvalue weighted by molar-refractivity contribution is 6.30. The van der Waals surface area contributed by atoms with E-state index in [1.54, 1.807) is 0 Å². The molecule has 1 aromatic heterocycles. The van der Waals surface area contributed by atoms with Crippen molar-refractivity contribution in [2.24, 2.45) is 0 Å². The van der Waals surface area contributed by atoms with Crippen LogP contribution in [0.25, 0.3) is 0 Å². The lowest BCUT2D eigenvalue weighted by Crippen LogP contribution is -2.46. The van der Waals surface area contributed by atoms with Gasteiger partial charge in [0.15, 0.2) is 0 Å². The number of hydrogen-bond acceptors (Lipinski definition) is 3. The Kier molecular flexibility index (Phi) is 2.71. The minimum absolute atomic E-state index is 0.0258. The first-order valence-electron chi connectivity index (χ1n) is 5.65. The van der Waals surface area contributed by atoms with E-state index >= 15 is 0 Å². The number of pyridine rings is 1. The van der Waals surface area contributed by atoms with Gasteiger partial charge in [0.05, 0.1) is 0 Å². The highest BCUT2D eigenvalue weighted by Crippen LogP contribution is 2.52. The van der Waals surface area contributed by atoms with Crippen LogP contribution in [0.15, 0.2) is 36.5 Å². The van der Waals surface area contributed by atoms with Crippen LogP contribution >= 0.6 is 11.6 Å². The quantitative estimate of drug-likeness (QED) is 0.781. The van der Waals surface area contributed by atoms with Crippen LogP contribution in [-0.2, 0) is 5.60 Å². The molecule has 2 N–H and O–H groups in total. The van der Waals surface area contributed by atoms with E-state index in [1.165, 1.54) is 30.5 Å². The summed E-state index contributed by atoms with van der Waals surface area (Å²) in [6.45, 7) is 0. The van der Waals surface area contributed by atoms with E-state index in [1.807, 2.05) is 0 Å². The van der Waals surface area contributed by atoms with Crippen molar-refractivity contribution in [3.8, 4) is 0 Å². The Morgan fingerprint density at radius 3 is 2.65 bits per heavy atom. The average Bonchev–Trinajstić information content (AvgIpc) is 2.39. The predicted molar refractivity (Wildman–Crippen MR) is 68.0 cm³/mol. The molecule has 1 aliphatic heterocycles. The van der Waals surface area contributed by atoms with E-state index in [0.717, 1.165) is 6.07 Å². The van der Waals surface area contributed by atoms with Crippen LogP contribution < -0.4 is 5.32 Å². The number of benzene rings is 1. The van der Waals surface area contributed by atoms with Gasteiger partial charge in [0.1, 0.15) is 5.82 Å². The number of rotatable bonds is 0. The summed E-state index contributed by atoms with van der Waals surface area (Å²) < 4.78 is 40.4. The topological polar surface area (TPSA) is 45.1 Å². The van der Waals surface area contributed by atoms with Crippen molar-refractivity contribution in [3.63, 3.8) is 0 Å². The Hall–Kier alpha value is -1.79. The fraction of sp³-hybridized carbons (Fsp3) is 0.154. The van der Waals surface area contributed by atoms with Gasteiger partial charge in [-0.25, -0.2) is 4.98 Å². The van der Waals surface area contributed by atoms with Crippen molar-refractivity contribution in [2.45, 2.75) is 11.8 Å². The third-order valence-electron chi connectivity index (χ3n) is 3.23. The molecule has 0 aliphatic carbocycles. The van der Waals surface area contributed by atoms with E-state index in [2.05, 4.69) is 10.3 Å². The maximum Gasteiger partial charge on any atom is 0.425 e. The molecule has 3 nitrogen and oxygen atoms in total. The molecule has 0 spiro atoms. The van der Waals surface area contributed by atoms with Gasteiger partial charge < -0.3 is 10.4 Å². The molecule has 1 aliphatic rings. The predicted octanol–water partition coefficient (Wildman–Crippen LogP) is 3.59. The van der Waals surface area contributed by atoms with E-state index < -0.39 is 11.8 Å². The summed E-state index contributed by atoms with van der Waals surface area (Å²) in [6.07, 6.45) is -3.55. The van der Waals surface area contributed by atoms with Gasteiger partial charge >= 0.3 is 6.18 Å².